The lowest BCUT2D eigenvalue weighted by Crippen LogP contribution is -2.02. The van der Waals surface area contributed by atoms with Gasteiger partial charge in [-0.2, -0.15) is 0 Å². The fourth-order valence-electron chi connectivity index (χ4n) is 2.99. The van der Waals surface area contributed by atoms with E-state index in [0.717, 1.165) is 11.4 Å². The number of ether oxygens (including phenoxy) is 3. The van der Waals surface area contributed by atoms with Crippen molar-refractivity contribution in [3.8, 4) is 17.2 Å². The second kappa shape index (κ2) is 10.3. The zero-order valence-electron chi connectivity index (χ0n) is 20.0. The second-order valence-electron chi connectivity index (χ2n) is 8.46. The molecule has 1 aromatic carbocycles. The third-order valence-corrected chi connectivity index (χ3v) is 4.84. The van der Waals surface area contributed by atoms with Crippen LogP contribution in [0.1, 0.15) is 56.9 Å². The molecular weight excluding hydrogens is 438 g/mol. The molecule has 0 atom stereocenters. The van der Waals surface area contributed by atoms with E-state index in [0.29, 0.717) is 22.9 Å². The summed E-state index contributed by atoms with van der Waals surface area (Å²) in [6.07, 6.45) is 5.54. The van der Waals surface area contributed by atoms with Gasteiger partial charge in [-0.15, -0.1) is 15.3 Å². The Hall–Kier alpha value is -3.96. The summed E-state index contributed by atoms with van der Waals surface area (Å²) in [5, 5.41) is 24.5. The number of aromatic nitrogens is 9. The Morgan fingerprint density at radius 3 is 1.32 bits per heavy atom. The number of hydrogen-bond acceptors (Lipinski definition) is 9. The summed E-state index contributed by atoms with van der Waals surface area (Å²) in [5.74, 6) is 1.74. The van der Waals surface area contributed by atoms with Crippen LogP contribution in [0.25, 0.3) is 0 Å². The zero-order chi connectivity index (χ0) is 24.1. The largest absolute Gasteiger partial charge is 0.487 e. The fraction of sp³-hybridized carbons (Fsp3) is 0.455. The van der Waals surface area contributed by atoms with Crippen molar-refractivity contribution >= 4 is 0 Å². The van der Waals surface area contributed by atoms with Crippen LogP contribution in [-0.4, -0.2) is 45.0 Å². The normalized spacial score (nSPS) is 11.4. The van der Waals surface area contributed by atoms with Gasteiger partial charge in [0.1, 0.15) is 54.2 Å². The minimum absolute atomic E-state index is 0.229. The quantitative estimate of drug-likeness (QED) is 0.328. The summed E-state index contributed by atoms with van der Waals surface area (Å²) in [5.41, 5.74) is 2.17. The molecule has 3 aromatic heterocycles. The Morgan fingerprint density at radius 1 is 0.618 bits per heavy atom. The Labute approximate surface area is 197 Å². The highest BCUT2D eigenvalue weighted by atomic mass is 16.5. The maximum Gasteiger partial charge on any atom is 0.134 e. The lowest BCUT2D eigenvalue weighted by molar-refractivity contribution is 0.270. The molecule has 0 saturated carbocycles. The highest BCUT2D eigenvalue weighted by molar-refractivity contribution is 5.42. The highest BCUT2D eigenvalue weighted by Crippen LogP contribution is 2.29. The van der Waals surface area contributed by atoms with Crippen molar-refractivity contribution in [3.63, 3.8) is 0 Å². The first-order valence-electron chi connectivity index (χ1n) is 11.1. The maximum absolute atomic E-state index is 5.97. The molecule has 4 rings (SSSR count). The van der Waals surface area contributed by atoms with Crippen molar-refractivity contribution < 1.29 is 14.2 Å². The van der Waals surface area contributed by atoms with Gasteiger partial charge in [0, 0.05) is 37.3 Å². The number of benzene rings is 1. The van der Waals surface area contributed by atoms with Gasteiger partial charge in [0.05, 0.1) is 18.6 Å². The summed E-state index contributed by atoms with van der Waals surface area (Å²) in [4.78, 5) is 0. The Kier molecular flexibility index (Phi) is 7.04. The van der Waals surface area contributed by atoms with Gasteiger partial charge in [-0.3, -0.25) is 4.68 Å². The van der Waals surface area contributed by atoms with E-state index >= 15 is 0 Å². The molecule has 0 aliphatic heterocycles. The average molecular weight is 468 g/mol. The first kappa shape index (κ1) is 23.2. The SMILES string of the molecule is CC(C)n1cc(COc2cc(OCc3cn(C)nn3)cc(OCc3cn(C(C)C)nn3)c2)nn1. The third kappa shape index (κ3) is 6.09. The van der Waals surface area contributed by atoms with Gasteiger partial charge in [-0.1, -0.05) is 15.6 Å². The molecule has 0 unspecified atom stereocenters. The van der Waals surface area contributed by atoms with Crippen molar-refractivity contribution in [2.45, 2.75) is 59.6 Å². The molecule has 180 valence electrons. The van der Waals surface area contributed by atoms with Crippen LogP contribution < -0.4 is 14.2 Å². The molecule has 0 spiro atoms. The molecule has 0 N–H and O–H groups in total. The lowest BCUT2D eigenvalue weighted by atomic mass is 10.3. The number of aryl methyl sites for hydroxylation is 1. The summed E-state index contributed by atoms with van der Waals surface area (Å²) < 4.78 is 23.1. The van der Waals surface area contributed by atoms with E-state index < -0.39 is 0 Å². The average Bonchev–Trinajstić information content (AvgIpc) is 3.56. The predicted molar refractivity (Wildman–Crippen MR) is 121 cm³/mol. The molecule has 4 aromatic rings. The zero-order valence-corrected chi connectivity index (χ0v) is 20.0. The van der Waals surface area contributed by atoms with Crippen molar-refractivity contribution in [2.24, 2.45) is 7.05 Å². The van der Waals surface area contributed by atoms with Crippen molar-refractivity contribution in [1.82, 2.24) is 45.0 Å². The van der Waals surface area contributed by atoms with Gasteiger partial charge in [0.2, 0.25) is 0 Å². The van der Waals surface area contributed by atoms with Crippen LogP contribution in [0.2, 0.25) is 0 Å². The van der Waals surface area contributed by atoms with Crippen molar-refractivity contribution in [1.29, 1.82) is 0 Å². The van der Waals surface area contributed by atoms with Gasteiger partial charge >= 0.3 is 0 Å². The van der Waals surface area contributed by atoms with E-state index in [9.17, 15) is 0 Å². The van der Waals surface area contributed by atoms with Crippen molar-refractivity contribution in [2.75, 3.05) is 0 Å². The topological polar surface area (TPSA) is 120 Å². The van der Waals surface area contributed by atoms with Gasteiger partial charge in [0.25, 0.3) is 0 Å². The van der Waals surface area contributed by atoms with Gasteiger partial charge in [-0.25, -0.2) is 9.36 Å². The van der Waals surface area contributed by atoms with E-state index in [-0.39, 0.29) is 31.9 Å². The number of hydrogen-bond donors (Lipinski definition) is 0. The lowest BCUT2D eigenvalue weighted by Gasteiger charge is -2.12. The van der Waals surface area contributed by atoms with Gasteiger partial charge in [0.15, 0.2) is 0 Å². The molecule has 0 aliphatic carbocycles. The van der Waals surface area contributed by atoms with Crippen LogP contribution in [0.4, 0.5) is 0 Å². The standard InChI is InChI=1S/C22H29N9O3/c1-15(2)30-10-18(24-27-30)13-33-21-6-20(32-12-17-9-29(5)26-23-17)7-22(8-21)34-14-19-11-31(16(3)4)28-25-19/h6-11,15-16H,12-14H2,1-5H3. The molecule has 12 heteroatoms. The molecule has 34 heavy (non-hydrogen) atoms. The molecule has 0 saturated heterocycles. The predicted octanol–water partition coefficient (Wildman–Crippen LogP) is 2.90. The number of rotatable bonds is 11. The summed E-state index contributed by atoms with van der Waals surface area (Å²) in [6.45, 7) is 8.97. The maximum atomic E-state index is 5.97. The van der Waals surface area contributed by atoms with Crippen LogP contribution in [0, 0.1) is 0 Å². The van der Waals surface area contributed by atoms with Crippen molar-refractivity contribution in [3.05, 3.63) is 53.9 Å². The third-order valence-electron chi connectivity index (χ3n) is 4.84. The Bertz CT molecular complexity index is 1140. The van der Waals surface area contributed by atoms with Crippen LogP contribution in [-0.2, 0) is 26.9 Å². The molecule has 3 heterocycles. The van der Waals surface area contributed by atoms with Crippen LogP contribution in [0.5, 0.6) is 17.2 Å². The van der Waals surface area contributed by atoms with Gasteiger partial charge < -0.3 is 14.2 Å². The minimum Gasteiger partial charge on any atom is -0.487 e. The number of nitrogens with zero attached hydrogens (tertiary/aromatic N) is 9. The summed E-state index contributed by atoms with van der Waals surface area (Å²) >= 11 is 0. The van der Waals surface area contributed by atoms with Crippen LogP contribution in [0.3, 0.4) is 0 Å². The Balaban J connectivity index is 1.47. The van der Waals surface area contributed by atoms with E-state index in [1.807, 2.05) is 47.1 Å². The molecule has 0 radical (unpaired) electrons. The monoisotopic (exact) mass is 467 g/mol. The van der Waals surface area contributed by atoms with E-state index in [4.69, 9.17) is 14.2 Å². The van der Waals surface area contributed by atoms with Crippen LogP contribution >= 0.6 is 0 Å². The molecule has 0 bridgehead atoms. The second-order valence-corrected chi connectivity index (χ2v) is 8.46. The smallest absolute Gasteiger partial charge is 0.134 e. The fourth-order valence-corrected chi connectivity index (χ4v) is 2.99. The summed E-state index contributed by atoms with van der Waals surface area (Å²) in [6, 6.07) is 5.85. The molecule has 0 aliphatic rings. The Morgan fingerprint density at radius 2 is 1.00 bits per heavy atom. The highest BCUT2D eigenvalue weighted by Gasteiger charge is 2.10. The van der Waals surface area contributed by atoms with Gasteiger partial charge in [-0.05, 0) is 27.7 Å². The first-order valence-corrected chi connectivity index (χ1v) is 11.1. The molecule has 0 amide bonds. The summed E-state index contributed by atoms with van der Waals surface area (Å²) in [7, 11) is 1.81. The molecule has 0 fully saturated rings. The molecule has 12 nitrogen and oxygen atoms in total. The minimum atomic E-state index is 0.229. The van der Waals surface area contributed by atoms with E-state index in [2.05, 4.69) is 30.9 Å². The van der Waals surface area contributed by atoms with E-state index in [1.54, 1.807) is 38.4 Å². The van der Waals surface area contributed by atoms with Crippen LogP contribution in [0.15, 0.2) is 36.8 Å². The van der Waals surface area contributed by atoms with E-state index in [1.165, 1.54) is 0 Å². The molecular formula is C22H29N9O3. The first-order chi connectivity index (χ1) is 16.4.